The van der Waals surface area contributed by atoms with Crippen molar-refractivity contribution in [3.8, 4) is 0 Å². The second-order valence-corrected chi connectivity index (χ2v) is 11.3. The molecule has 44 heavy (non-hydrogen) atoms. The number of hydrogen-bond acceptors (Lipinski definition) is 5. The summed E-state index contributed by atoms with van der Waals surface area (Å²) >= 11 is 0. The molecule has 0 aliphatic carbocycles. The number of methoxy groups -OCH3 is 2. The van der Waals surface area contributed by atoms with E-state index in [0.29, 0.717) is 0 Å². The number of carbonyl (C=O) groups is 1. The van der Waals surface area contributed by atoms with E-state index in [2.05, 4.69) is 0 Å². The van der Waals surface area contributed by atoms with Crippen molar-refractivity contribution in [3.63, 3.8) is 0 Å². The number of carboxylic acid groups (broad SMARTS) is 1. The normalized spacial score (nSPS) is 17.7. The zero-order chi connectivity index (χ0) is 31.2. The molecule has 0 radical (unpaired) electrons. The maximum absolute atomic E-state index is 12.1. The van der Waals surface area contributed by atoms with Gasteiger partial charge in [0.25, 0.3) is 0 Å². The van der Waals surface area contributed by atoms with Crippen LogP contribution >= 0.6 is 0 Å². The van der Waals surface area contributed by atoms with Crippen molar-refractivity contribution in [2.45, 2.75) is 49.5 Å². The van der Waals surface area contributed by atoms with Gasteiger partial charge in [0.2, 0.25) is 0 Å². The van der Waals surface area contributed by atoms with E-state index in [1.807, 2.05) is 141 Å². The molecule has 7 heteroatoms. The Hall–Kier alpha value is -4.01. The molecule has 1 N–H and O–H groups in total. The number of aliphatic carboxylic acids is 1. The van der Waals surface area contributed by atoms with Crippen LogP contribution in [0.2, 0.25) is 5.82 Å². The number of hydrogen-bond donors (Lipinski definition) is 1. The van der Waals surface area contributed by atoms with Crippen LogP contribution in [0.3, 0.4) is 0 Å². The molecule has 2 unspecified atom stereocenters. The third-order valence-electron chi connectivity index (χ3n) is 8.40. The van der Waals surface area contributed by atoms with E-state index in [-0.39, 0.29) is 6.42 Å². The Labute approximate surface area is 260 Å². The first-order valence-electron chi connectivity index (χ1n) is 14.9. The number of carboxylic acids is 1. The highest BCUT2D eigenvalue weighted by Crippen LogP contribution is 2.51. The number of benzene rings is 4. The topological polar surface area (TPSA) is 74.2 Å². The fourth-order valence-electron chi connectivity index (χ4n) is 6.58. The monoisotopic (exact) mass is 590 g/mol. The van der Waals surface area contributed by atoms with E-state index in [9.17, 15) is 9.90 Å². The molecule has 0 spiro atoms. The van der Waals surface area contributed by atoms with E-state index in [4.69, 9.17) is 18.8 Å². The summed E-state index contributed by atoms with van der Waals surface area (Å²) in [5.41, 5.74) is 2.14. The number of allylic oxidation sites excluding steroid dienone is 2. The highest BCUT2D eigenvalue weighted by molar-refractivity contribution is 6.48. The molecule has 0 amide bonds. The fraction of sp³-hybridized carbons (Fsp3) is 0.270. The first kappa shape index (κ1) is 31.4. The van der Waals surface area contributed by atoms with Gasteiger partial charge in [0, 0.05) is 20.0 Å². The summed E-state index contributed by atoms with van der Waals surface area (Å²) in [6, 6.07) is 39.8. The van der Waals surface area contributed by atoms with Crippen molar-refractivity contribution < 1.29 is 28.7 Å². The van der Waals surface area contributed by atoms with Crippen molar-refractivity contribution in [1.82, 2.24) is 0 Å². The molecule has 4 aromatic carbocycles. The Morgan fingerprint density at radius 2 is 1.02 bits per heavy atom. The smallest absolute Gasteiger partial charge is 0.465 e. The largest absolute Gasteiger partial charge is 0.481 e. The van der Waals surface area contributed by atoms with Gasteiger partial charge in [0.15, 0.2) is 0 Å². The molecule has 6 nitrogen and oxygen atoms in total. The van der Waals surface area contributed by atoms with Crippen LogP contribution in [0.4, 0.5) is 0 Å². The zero-order valence-corrected chi connectivity index (χ0v) is 25.6. The van der Waals surface area contributed by atoms with Crippen molar-refractivity contribution in [1.29, 1.82) is 0 Å². The molecule has 5 rings (SSSR count). The Kier molecular flexibility index (Phi) is 9.82. The number of rotatable bonds is 12. The van der Waals surface area contributed by atoms with Gasteiger partial charge in [-0.1, -0.05) is 133 Å². The Balaban J connectivity index is 1.82. The standard InChI is InChI=1S/C37H39BO6/c1-27(2)25-32(26-33(39)40)38-43-34(36(41-3,28-17-9-5-10-18-28)29-19-11-6-12-20-29)35(44-38)37(42-4,30-21-13-7-14-22-30)31-23-15-8-16-24-31/h5-25,32,34-35H,26H2,1-4H3,(H,39,40)/t32-,34?,35?/m0/s1. The number of ether oxygens (including phenoxy) is 2. The Bertz CT molecular complexity index is 1350. The Morgan fingerprint density at radius 3 is 1.27 bits per heavy atom. The quantitative estimate of drug-likeness (QED) is 0.138. The van der Waals surface area contributed by atoms with Gasteiger partial charge >= 0.3 is 13.1 Å². The van der Waals surface area contributed by atoms with Gasteiger partial charge in [-0.2, -0.15) is 0 Å². The van der Waals surface area contributed by atoms with Crippen LogP contribution in [-0.2, 0) is 34.8 Å². The van der Waals surface area contributed by atoms with E-state index in [1.165, 1.54) is 0 Å². The predicted molar refractivity (Wildman–Crippen MR) is 172 cm³/mol. The van der Waals surface area contributed by atoms with Gasteiger partial charge in [-0.15, -0.1) is 0 Å². The lowest BCUT2D eigenvalue weighted by Gasteiger charge is -2.47. The van der Waals surface area contributed by atoms with Crippen LogP contribution in [0.5, 0.6) is 0 Å². The van der Waals surface area contributed by atoms with Crippen LogP contribution in [0.25, 0.3) is 0 Å². The van der Waals surface area contributed by atoms with Crippen molar-refractivity contribution in [2.75, 3.05) is 14.2 Å². The molecular weight excluding hydrogens is 551 g/mol. The van der Waals surface area contributed by atoms with Crippen molar-refractivity contribution >= 4 is 13.1 Å². The highest BCUT2D eigenvalue weighted by Gasteiger charge is 2.62. The lowest BCUT2D eigenvalue weighted by atomic mass is 9.69. The van der Waals surface area contributed by atoms with Crippen LogP contribution < -0.4 is 0 Å². The van der Waals surface area contributed by atoms with Gasteiger partial charge in [-0.25, -0.2) is 0 Å². The molecule has 1 aliphatic heterocycles. The summed E-state index contributed by atoms with van der Waals surface area (Å²) in [4.78, 5) is 12.1. The molecule has 1 saturated heterocycles. The average Bonchev–Trinajstić information content (AvgIpc) is 3.50. The summed E-state index contributed by atoms with van der Waals surface area (Å²) in [6.45, 7) is 3.89. The van der Waals surface area contributed by atoms with Gasteiger partial charge in [0.1, 0.15) is 23.4 Å². The summed E-state index contributed by atoms with van der Waals surface area (Å²) < 4.78 is 27.3. The molecule has 0 bridgehead atoms. The maximum atomic E-state index is 12.1. The minimum atomic E-state index is -1.16. The van der Waals surface area contributed by atoms with Crippen LogP contribution in [0.1, 0.15) is 42.5 Å². The molecular formula is C37H39BO6. The minimum Gasteiger partial charge on any atom is -0.481 e. The third-order valence-corrected chi connectivity index (χ3v) is 8.40. The zero-order valence-electron chi connectivity index (χ0n) is 25.6. The highest BCUT2D eigenvalue weighted by atomic mass is 16.7. The fourth-order valence-corrected chi connectivity index (χ4v) is 6.58. The molecule has 1 fully saturated rings. The van der Waals surface area contributed by atoms with Gasteiger partial charge in [-0.05, 0) is 36.1 Å². The van der Waals surface area contributed by atoms with Crippen LogP contribution in [0, 0.1) is 0 Å². The lowest BCUT2D eigenvalue weighted by Crippen LogP contribution is -2.56. The molecule has 1 aliphatic rings. The molecule has 0 saturated carbocycles. The van der Waals surface area contributed by atoms with Gasteiger partial charge in [0.05, 0.1) is 6.42 Å². The van der Waals surface area contributed by atoms with E-state index in [0.717, 1.165) is 27.8 Å². The molecule has 226 valence electrons. The lowest BCUT2D eigenvalue weighted by molar-refractivity contribution is -0.137. The van der Waals surface area contributed by atoms with Gasteiger partial charge in [-0.3, -0.25) is 4.79 Å². The molecule has 3 atom stereocenters. The first-order chi connectivity index (χ1) is 21.4. The first-order valence-corrected chi connectivity index (χ1v) is 14.9. The minimum absolute atomic E-state index is 0.164. The summed E-state index contributed by atoms with van der Waals surface area (Å²) in [6.07, 6.45) is 0.175. The van der Waals surface area contributed by atoms with Crippen LogP contribution in [-0.4, -0.2) is 44.6 Å². The molecule has 1 heterocycles. The van der Waals surface area contributed by atoms with E-state index >= 15 is 0 Å². The second-order valence-electron chi connectivity index (χ2n) is 11.3. The van der Waals surface area contributed by atoms with E-state index in [1.54, 1.807) is 14.2 Å². The second kappa shape index (κ2) is 13.7. The van der Waals surface area contributed by atoms with Crippen molar-refractivity contribution in [2.24, 2.45) is 0 Å². The Morgan fingerprint density at radius 1 is 0.705 bits per heavy atom. The summed E-state index contributed by atoms with van der Waals surface area (Å²) in [5.74, 6) is -1.50. The van der Waals surface area contributed by atoms with Gasteiger partial charge < -0.3 is 23.9 Å². The predicted octanol–water partition coefficient (Wildman–Crippen LogP) is 7.25. The SMILES string of the molecule is COC(c1ccccc1)(c1ccccc1)C1OB([C@@H](C=C(C)C)CC(=O)O)OC1C(OC)(c1ccccc1)c1ccccc1. The average molecular weight is 591 g/mol. The maximum Gasteiger partial charge on any atom is 0.465 e. The summed E-state index contributed by atoms with van der Waals surface area (Å²) in [5, 5.41) is 9.92. The van der Waals surface area contributed by atoms with E-state index < -0.39 is 42.3 Å². The van der Waals surface area contributed by atoms with Crippen molar-refractivity contribution in [3.05, 3.63) is 155 Å². The molecule has 4 aromatic rings. The van der Waals surface area contributed by atoms with Crippen LogP contribution in [0.15, 0.2) is 133 Å². The molecule has 0 aromatic heterocycles. The summed E-state index contributed by atoms with van der Waals surface area (Å²) in [7, 11) is 2.45. The third kappa shape index (κ3) is 5.89.